The molecule has 0 radical (unpaired) electrons. The van der Waals surface area contributed by atoms with Crippen molar-refractivity contribution in [2.45, 2.75) is 59.4 Å². The number of likely N-dealkylation sites (tertiary alicyclic amines) is 1. The van der Waals surface area contributed by atoms with Crippen LogP contribution in [0.4, 0.5) is 10.6 Å². The summed E-state index contributed by atoms with van der Waals surface area (Å²) in [6, 6.07) is -1.01. The summed E-state index contributed by atoms with van der Waals surface area (Å²) in [4.78, 5) is 35.2. The van der Waals surface area contributed by atoms with E-state index in [1.54, 1.807) is 12.4 Å². The van der Waals surface area contributed by atoms with E-state index in [2.05, 4.69) is 25.3 Å². The Morgan fingerprint density at radius 1 is 1.22 bits per heavy atom. The largest absolute Gasteiger partial charge is 0.465 e. The number of nitrogens with zero attached hydrogens (tertiary/aromatic N) is 7. The number of carboxylic acid groups (broad SMARTS) is 1. The van der Waals surface area contributed by atoms with E-state index in [9.17, 15) is 15.0 Å². The summed E-state index contributed by atoms with van der Waals surface area (Å²) in [5.74, 6) is 1.78. The van der Waals surface area contributed by atoms with Gasteiger partial charge in [0.05, 0.1) is 30.3 Å². The highest BCUT2D eigenvalue weighted by Gasteiger charge is 2.49. The first-order valence-electron chi connectivity index (χ1n) is 10.6. The number of β-amino-alcohol motifs (C(OH)–C–C–N with tert-alkyl or cyclic N) is 1. The van der Waals surface area contributed by atoms with Gasteiger partial charge in [0.15, 0.2) is 17.0 Å². The summed E-state index contributed by atoms with van der Waals surface area (Å²) in [6.07, 6.45) is 2.93. The fourth-order valence-electron chi connectivity index (χ4n) is 4.44. The second-order valence-corrected chi connectivity index (χ2v) is 9.08. The molecule has 1 aliphatic rings. The molecule has 170 valence electrons. The minimum absolute atomic E-state index is 0.0263. The number of rotatable bonds is 4. The summed E-state index contributed by atoms with van der Waals surface area (Å²) >= 11 is 0. The van der Waals surface area contributed by atoms with Gasteiger partial charge in [0, 0.05) is 18.9 Å². The lowest BCUT2D eigenvalue weighted by Gasteiger charge is -2.37. The van der Waals surface area contributed by atoms with Crippen LogP contribution in [0.2, 0.25) is 0 Å². The van der Waals surface area contributed by atoms with E-state index in [0.717, 1.165) is 5.56 Å². The SMILES string of the molecule is CCn1c(-c2cnc(C)nc2)nc2c(NC3C(O)CN(C(=O)O)C3C(C)(C)C)ncnc21. The van der Waals surface area contributed by atoms with Crippen molar-refractivity contribution >= 4 is 23.1 Å². The van der Waals surface area contributed by atoms with E-state index in [1.807, 2.05) is 39.2 Å². The minimum Gasteiger partial charge on any atom is -0.465 e. The normalized spacial score (nSPS) is 21.3. The fourth-order valence-corrected chi connectivity index (χ4v) is 4.44. The quantitative estimate of drug-likeness (QED) is 0.556. The number of imidazole rings is 1. The minimum atomic E-state index is -1.06. The van der Waals surface area contributed by atoms with E-state index in [4.69, 9.17) is 4.98 Å². The molecule has 11 heteroatoms. The number of nitrogens with one attached hydrogen (secondary N) is 1. The second-order valence-electron chi connectivity index (χ2n) is 9.08. The van der Waals surface area contributed by atoms with Crippen molar-refractivity contribution in [1.29, 1.82) is 0 Å². The number of hydrogen-bond donors (Lipinski definition) is 3. The molecule has 3 aromatic rings. The number of aliphatic hydroxyl groups excluding tert-OH is 1. The summed E-state index contributed by atoms with van der Waals surface area (Å²) in [6.45, 7) is 10.3. The third-order valence-corrected chi connectivity index (χ3v) is 5.80. The summed E-state index contributed by atoms with van der Waals surface area (Å²) < 4.78 is 1.95. The molecule has 0 spiro atoms. The van der Waals surface area contributed by atoms with Gasteiger partial charge in [-0.1, -0.05) is 20.8 Å². The Bertz CT molecular complexity index is 1140. The number of aromatic nitrogens is 6. The Morgan fingerprint density at radius 2 is 1.91 bits per heavy atom. The molecule has 4 rings (SSSR count). The summed E-state index contributed by atoms with van der Waals surface area (Å²) in [5, 5.41) is 23.7. The zero-order valence-electron chi connectivity index (χ0n) is 18.8. The summed E-state index contributed by atoms with van der Waals surface area (Å²) in [7, 11) is 0. The fraction of sp³-hybridized carbons (Fsp3) is 0.524. The Labute approximate surface area is 185 Å². The highest BCUT2D eigenvalue weighted by Crippen LogP contribution is 2.36. The number of amides is 1. The van der Waals surface area contributed by atoms with Gasteiger partial charge in [0.1, 0.15) is 18.0 Å². The third kappa shape index (κ3) is 3.72. The zero-order valence-corrected chi connectivity index (χ0v) is 18.8. The van der Waals surface area contributed by atoms with Gasteiger partial charge < -0.3 is 25.0 Å². The van der Waals surface area contributed by atoms with Gasteiger partial charge in [0.25, 0.3) is 0 Å². The number of anilines is 1. The van der Waals surface area contributed by atoms with Crippen LogP contribution in [0.3, 0.4) is 0 Å². The molecule has 3 atom stereocenters. The van der Waals surface area contributed by atoms with Crippen molar-refractivity contribution in [3.63, 3.8) is 0 Å². The first-order chi connectivity index (χ1) is 15.1. The molecule has 4 heterocycles. The molecular weight excluding hydrogens is 412 g/mol. The smallest absolute Gasteiger partial charge is 0.407 e. The third-order valence-electron chi connectivity index (χ3n) is 5.80. The Morgan fingerprint density at radius 3 is 2.50 bits per heavy atom. The van der Waals surface area contributed by atoms with Crippen LogP contribution in [0.1, 0.15) is 33.5 Å². The van der Waals surface area contributed by atoms with Gasteiger partial charge in [-0.3, -0.25) is 0 Å². The average Bonchev–Trinajstić information content (AvgIpc) is 3.27. The number of fused-ring (bicyclic) bond motifs is 1. The Kier molecular flexibility index (Phi) is 5.45. The van der Waals surface area contributed by atoms with Crippen LogP contribution in [-0.2, 0) is 6.54 Å². The highest BCUT2D eigenvalue weighted by atomic mass is 16.4. The summed E-state index contributed by atoms with van der Waals surface area (Å²) in [5.41, 5.74) is 1.52. The average molecular weight is 441 g/mol. The number of aliphatic hydroxyl groups is 1. The topological polar surface area (TPSA) is 142 Å². The zero-order chi connectivity index (χ0) is 23.2. The van der Waals surface area contributed by atoms with Gasteiger partial charge in [-0.15, -0.1) is 0 Å². The van der Waals surface area contributed by atoms with Crippen LogP contribution in [0.25, 0.3) is 22.6 Å². The Hall–Kier alpha value is -3.34. The predicted octanol–water partition coefficient (Wildman–Crippen LogP) is 2.16. The molecule has 0 aliphatic carbocycles. The molecule has 3 unspecified atom stereocenters. The molecule has 0 bridgehead atoms. The van der Waals surface area contributed by atoms with Crippen LogP contribution in [0.5, 0.6) is 0 Å². The maximum atomic E-state index is 11.8. The van der Waals surface area contributed by atoms with Crippen LogP contribution >= 0.6 is 0 Å². The van der Waals surface area contributed by atoms with E-state index in [-0.39, 0.29) is 6.54 Å². The number of carbonyl (C=O) groups is 1. The predicted molar refractivity (Wildman–Crippen MR) is 118 cm³/mol. The van der Waals surface area contributed by atoms with Crippen molar-refractivity contribution in [2.24, 2.45) is 5.41 Å². The van der Waals surface area contributed by atoms with Crippen molar-refractivity contribution in [2.75, 3.05) is 11.9 Å². The number of hydrogen-bond acceptors (Lipinski definition) is 8. The first kappa shape index (κ1) is 21.9. The van der Waals surface area contributed by atoms with Crippen molar-refractivity contribution < 1.29 is 15.0 Å². The molecule has 3 N–H and O–H groups in total. The molecule has 0 aromatic carbocycles. The van der Waals surface area contributed by atoms with Crippen LogP contribution < -0.4 is 5.32 Å². The highest BCUT2D eigenvalue weighted by molar-refractivity contribution is 5.86. The van der Waals surface area contributed by atoms with Crippen LogP contribution in [0, 0.1) is 12.3 Å². The Balaban J connectivity index is 1.78. The lowest BCUT2D eigenvalue weighted by Crippen LogP contribution is -2.50. The molecule has 1 aliphatic heterocycles. The maximum Gasteiger partial charge on any atom is 0.407 e. The van der Waals surface area contributed by atoms with E-state index in [1.165, 1.54) is 11.2 Å². The van der Waals surface area contributed by atoms with Gasteiger partial charge in [-0.2, -0.15) is 0 Å². The lowest BCUT2D eigenvalue weighted by atomic mass is 9.82. The van der Waals surface area contributed by atoms with Gasteiger partial charge >= 0.3 is 6.09 Å². The van der Waals surface area contributed by atoms with E-state index in [0.29, 0.717) is 35.2 Å². The van der Waals surface area contributed by atoms with E-state index >= 15 is 0 Å². The first-order valence-corrected chi connectivity index (χ1v) is 10.6. The van der Waals surface area contributed by atoms with Gasteiger partial charge in [0.2, 0.25) is 0 Å². The molecule has 1 saturated heterocycles. The second kappa shape index (κ2) is 7.97. The molecule has 3 aromatic heterocycles. The van der Waals surface area contributed by atoms with Crippen molar-refractivity contribution in [1.82, 2.24) is 34.4 Å². The molecule has 1 fully saturated rings. The molecule has 11 nitrogen and oxygen atoms in total. The van der Waals surface area contributed by atoms with Crippen LogP contribution in [-0.4, -0.2) is 75.4 Å². The van der Waals surface area contributed by atoms with Crippen LogP contribution in [0.15, 0.2) is 18.7 Å². The monoisotopic (exact) mass is 440 g/mol. The molecule has 1 amide bonds. The molecule has 32 heavy (non-hydrogen) atoms. The molecule has 0 saturated carbocycles. The lowest BCUT2D eigenvalue weighted by molar-refractivity contribution is 0.103. The maximum absolute atomic E-state index is 11.8. The van der Waals surface area contributed by atoms with Crippen molar-refractivity contribution in [3.05, 3.63) is 24.5 Å². The number of aryl methyl sites for hydroxylation is 2. The molecular formula is C21H28N8O3. The standard InChI is InChI=1S/C21H28N8O3/c1-6-28-18(12-7-22-11(2)23-8-12)27-15-17(24-10-25-19(15)28)26-14-13(30)9-29(20(31)32)16(14)21(3,4)5/h7-8,10,13-14,16,30H,6,9H2,1-5H3,(H,31,32)(H,24,25,26). The van der Waals surface area contributed by atoms with Gasteiger partial charge in [-0.25, -0.2) is 29.7 Å². The van der Waals surface area contributed by atoms with Gasteiger partial charge in [-0.05, 0) is 19.3 Å². The van der Waals surface area contributed by atoms with Crippen molar-refractivity contribution in [3.8, 4) is 11.4 Å². The van der Waals surface area contributed by atoms with E-state index < -0.39 is 29.7 Å².